The molecule has 0 bridgehead atoms. The number of rotatable bonds is 4. The lowest BCUT2D eigenvalue weighted by Gasteiger charge is -2.27. The Bertz CT molecular complexity index is 344. The maximum atomic E-state index is 10.8. The molecule has 0 aromatic carbocycles. The Labute approximate surface area is 115 Å². The maximum absolute atomic E-state index is 10.8. The van der Waals surface area contributed by atoms with Gasteiger partial charge in [-0.05, 0) is 66.3 Å². The molecule has 0 saturated heterocycles. The molecular weight excluding hydrogens is 240 g/mol. The van der Waals surface area contributed by atoms with Crippen molar-refractivity contribution in [1.82, 2.24) is 0 Å². The van der Waals surface area contributed by atoms with Gasteiger partial charge in [-0.15, -0.1) is 0 Å². The lowest BCUT2D eigenvalue weighted by molar-refractivity contribution is 0.0152. The highest BCUT2D eigenvalue weighted by Crippen LogP contribution is 2.36. The lowest BCUT2D eigenvalue weighted by Crippen LogP contribution is -2.28. The molecule has 0 aliphatic heterocycles. The minimum absolute atomic E-state index is 0.397. The Hall–Kier alpha value is -0.340. The second-order valence-electron chi connectivity index (χ2n) is 6.29. The van der Waals surface area contributed by atoms with Crippen molar-refractivity contribution in [2.75, 3.05) is 0 Å². The van der Waals surface area contributed by atoms with Gasteiger partial charge in [0.2, 0.25) is 0 Å². The van der Waals surface area contributed by atoms with Gasteiger partial charge in [-0.1, -0.05) is 26.7 Å². The molecule has 1 aliphatic carbocycles. The first kappa shape index (κ1) is 14.1. The molecule has 1 nitrogen and oxygen atoms in total. The topological polar surface area (TPSA) is 20.2 Å². The third-order valence-electron chi connectivity index (χ3n) is 4.60. The van der Waals surface area contributed by atoms with Crippen molar-refractivity contribution in [3.63, 3.8) is 0 Å². The van der Waals surface area contributed by atoms with Crippen molar-refractivity contribution < 1.29 is 5.11 Å². The summed E-state index contributed by atoms with van der Waals surface area (Å²) in [6.45, 7) is 4.64. The third-order valence-corrected chi connectivity index (χ3v) is 5.33. The van der Waals surface area contributed by atoms with Crippen LogP contribution in [-0.2, 0) is 6.42 Å². The highest BCUT2D eigenvalue weighted by molar-refractivity contribution is 7.07. The Balaban J connectivity index is 1.86. The lowest BCUT2D eigenvalue weighted by atomic mass is 9.86. The van der Waals surface area contributed by atoms with Gasteiger partial charge >= 0.3 is 0 Å². The highest BCUT2D eigenvalue weighted by Gasteiger charge is 2.31. The second kappa shape index (κ2) is 6.21. The summed E-state index contributed by atoms with van der Waals surface area (Å²) in [6.07, 6.45) is 7.68. The number of aliphatic hydroxyl groups is 1. The van der Waals surface area contributed by atoms with E-state index in [0.29, 0.717) is 0 Å². The van der Waals surface area contributed by atoms with Crippen LogP contribution in [-0.4, -0.2) is 10.7 Å². The minimum atomic E-state index is -0.397. The monoisotopic (exact) mass is 266 g/mol. The summed E-state index contributed by atoms with van der Waals surface area (Å²) in [5.74, 6) is 1.59. The standard InChI is InChI=1S/C16H26OS/c1-13(2)15-4-3-8-16(17,10-6-15)9-5-14-7-11-18-12-14/h7,11-13,15,17H,3-6,8-10H2,1-2H3. The van der Waals surface area contributed by atoms with Crippen LogP contribution in [0, 0.1) is 11.8 Å². The molecule has 0 radical (unpaired) electrons. The average Bonchev–Trinajstić information content (AvgIpc) is 2.76. The molecular formula is C16H26OS. The van der Waals surface area contributed by atoms with Gasteiger partial charge < -0.3 is 5.11 Å². The van der Waals surface area contributed by atoms with Crippen LogP contribution < -0.4 is 0 Å². The van der Waals surface area contributed by atoms with E-state index in [-0.39, 0.29) is 0 Å². The first-order valence-corrected chi connectivity index (χ1v) is 8.27. The molecule has 1 aromatic heterocycles. The van der Waals surface area contributed by atoms with E-state index in [1.54, 1.807) is 11.3 Å². The third kappa shape index (κ3) is 3.83. The van der Waals surface area contributed by atoms with Gasteiger partial charge in [-0.3, -0.25) is 0 Å². The van der Waals surface area contributed by atoms with Crippen LogP contribution in [0.15, 0.2) is 16.8 Å². The van der Waals surface area contributed by atoms with Crippen molar-refractivity contribution in [2.45, 2.75) is 64.4 Å². The average molecular weight is 266 g/mol. The van der Waals surface area contributed by atoms with Crippen LogP contribution in [0.2, 0.25) is 0 Å². The van der Waals surface area contributed by atoms with E-state index < -0.39 is 5.60 Å². The van der Waals surface area contributed by atoms with Gasteiger partial charge in [0.1, 0.15) is 0 Å². The van der Waals surface area contributed by atoms with Crippen LogP contribution in [0.3, 0.4) is 0 Å². The number of thiophene rings is 1. The molecule has 0 spiro atoms. The fourth-order valence-electron chi connectivity index (χ4n) is 3.15. The van der Waals surface area contributed by atoms with Crippen LogP contribution in [0.1, 0.15) is 57.9 Å². The first-order valence-electron chi connectivity index (χ1n) is 7.32. The smallest absolute Gasteiger partial charge is 0.0651 e. The van der Waals surface area contributed by atoms with E-state index in [0.717, 1.165) is 37.5 Å². The van der Waals surface area contributed by atoms with E-state index in [9.17, 15) is 5.11 Å². The first-order chi connectivity index (χ1) is 8.59. The van der Waals surface area contributed by atoms with Crippen LogP contribution >= 0.6 is 11.3 Å². The molecule has 1 fully saturated rings. The summed E-state index contributed by atoms with van der Waals surface area (Å²) in [5.41, 5.74) is 0.990. The summed E-state index contributed by atoms with van der Waals surface area (Å²) >= 11 is 1.75. The second-order valence-corrected chi connectivity index (χ2v) is 7.07. The van der Waals surface area contributed by atoms with Crippen LogP contribution in [0.4, 0.5) is 0 Å². The number of hydrogen-bond donors (Lipinski definition) is 1. The van der Waals surface area contributed by atoms with Gasteiger partial charge in [-0.2, -0.15) is 11.3 Å². The van der Waals surface area contributed by atoms with Crippen LogP contribution in [0.5, 0.6) is 0 Å². The van der Waals surface area contributed by atoms with Crippen molar-refractivity contribution in [1.29, 1.82) is 0 Å². The largest absolute Gasteiger partial charge is 0.390 e. The maximum Gasteiger partial charge on any atom is 0.0651 e. The van der Waals surface area contributed by atoms with E-state index in [1.165, 1.54) is 24.8 Å². The van der Waals surface area contributed by atoms with Gasteiger partial charge in [-0.25, -0.2) is 0 Å². The zero-order valence-corrected chi connectivity index (χ0v) is 12.5. The van der Waals surface area contributed by atoms with E-state index in [4.69, 9.17) is 0 Å². The number of hydrogen-bond acceptors (Lipinski definition) is 2. The highest BCUT2D eigenvalue weighted by atomic mass is 32.1. The summed E-state index contributed by atoms with van der Waals surface area (Å²) in [6, 6.07) is 2.18. The Kier molecular flexibility index (Phi) is 4.85. The molecule has 2 atom stereocenters. The molecule has 102 valence electrons. The predicted octanol–water partition coefficient (Wildman–Crippen LogP) is 4.65. The molecule has 1 aromatic rings. The van der Waals surface area contributed by atoms with Crippen molar-refractivity contribution in [3.05, 3.63) is 22.4 Å². The summed E-state index contributed by atoms with van der Waals surface area (Å²) in [7, 11) is 0. The fraction of sp³-hybridized carbons (Fsp3) is 0.750. The van der Waals surface area contributed by atoms with Gasteiger partial charge in [0.25, 0.3) is 0 Å². The van der Waals surface area contributed by atoms with Crippen LogP contribution in [0.25, 0.3) is 0 Å². The van der Waals surface area contributed by atoms with Crippen molar-refractivity contribution in [3.8, 4) is 0 Å². The van der Waals surface area contributed by atoms with Crippen molar-refractivity contribution in [2.24, 2.45) is 11.8 Å². The molecule has 1 heterocycles. The molecule has 0 amide bonds. The molecule has 1 aliphatic rings. The van der Waals surface area contributed by atoms with Gasteiger partial charge in [0.05, 0.1) is 5.60 Å². The number of aryl methyl sites for hydroxylation is 1. The van der Waals surface area contributed by atoms with Gasteiger partial charge in [0.15, 0.2) is 0 Å². The normalized spacial score (nSPS) is 29.4. The molecule has 1 saturated carbocycles. The van der Waals surface area contributed by atoms with E-state index in [2.05, 4.69) is 30.7 Å². The van der Waals surface area contributed by atoms with E-state index in [1.807, 2.05) is 0 Å². The molecule has 1 N–H and O–H groups in total. The SMILES string of the molecule is CC(C)C1CCCC(O)(CCc2ccsc2)CC1. The van der Waals surface area contributed by atoms with E-state index >= 15 is 0 Å². The zero-order valence-electron chi connectivity index (χ0n) is 11.7. The summed E-state index contributed by atoms with van der Waals surface area (Å²) in [5, 5.41) is 15.1. The molecule has 2 heteroatoms. The van der Waals surface area contributed by atoms with Gasteiger partial charge in [0, 0.05) is 0 Å². The molecule has 2 unspecified atom stereocenters. The zero-order chi connectivity index (χ0) is 13.0. The summed E-state index contributed by atoms with van der Waals surface area (Å²) < 4.78 is 0. The van der Waals surface area contributed by atoms with Crippen molar-refractivity contribution >= 4 is 11.3 Å². The Morgan fingerprint density at radius 3 is 2.89 bits per heavy atom. The fourth-order valence-corrected chi connectivity index (χ4v) is 3.85. The predicted molar refractivity (Wildman–Crippen MR) is 79.0 cm³/mol. The molecule has 2 rings (SSSR count). The molecule has 18 heavy (non-hydrogen) atoms. The summed E-state index contributed by atoms with van der Waals surface area (Å²) in [4.78, 5) is 0. The quantitative estimate of drug-likeness (QED) is 0.787. The Morgan fingerprint density at radius 2 is 2.22 bits per heavy atom. The minimum Gasteiger partial charge on any atom is -0.390 e. The Morgan fingerprint density at radius 1 is 1.39 bits per heavy atom.